The summed E-state index contributed by atoms with van der Waals surface area (Å²) in [4.78, 5) is 12.5. The molecule has 104 valence electrons. The zero-order valence-electron chi connectivity index (χ0n) is 12.2. The Labute approximate surface area is 128 Å². The van der Waals surface area contributed by atoms with Gasteiger partial charge in [0.1, 0.15) is 0 Å². The molecular weight excluding hydrogens is 314 g/mol. The first-order valence-corrected chi connectivity index (χ1v) is 7.33. The molecule has 1 amide bonds. The van der Waals surface area contributed by atoms with Crippen molar-refractivity contribution >= 4 is 27.5 Å². The van der Waals surface area contributed by atoms with Gasteiger partial charge in [0.25, 0.3) is 5.91 Å². The molecule has 0 aliphatic rings. The number of halogens is 1. The van der Waals surface area contributed by atoms with Crippen molar-refractivity contribution in [3.63, 3.8) is 0 Å². The average molecular weight is 332 g/mol. The van der Waals surface area contributed by atoms with Crippen LogP contribution in [-0.2, 0) is 0 Å². The Morgan fingerprint density at radius 1 is 0.950 bits per heavy atom. The normalized spacial score (nSPS) is 10.4. The minimum Gasteiger partial charge on any atom is -0.322 e. The van der Waals surface area contributed by atoms with Gasteiger partial charge in [-0.2, -0.15) is 0 Å². The number of carbonyl (C=O) groups excluding carboxylic acids is 1. The van der Waals surface area contributed by atoms with E-state index in [0.29, 0.717) is 0 Å². The zero-order chi connectivity index (χ0) is 14.9. The van der Waals surface area contributed by atoms with Gasteiger partial charge in [0.05, 0.1) is 0 Å². The first kappa shape index (κ1) is 14.8. The quantitative estimate of drug-likeness (QED) is 0.830. The lowest BCUT2D eigenvalue weighted by molar-refractivity contribution is 0.102. The van der Waals surface area contributed by atoms with Crippen LogP contribution in [0.3, 0.4) is 0 Å². The highest BCUT2D eigenvalue weighted by atomic mass is 79.9. The second-order valence-corrected chi connectivity index (χ2v) is 6.10. The fourth-order valence-electron chi connectivity index (χ4n) is 2.45. The Morgan fingerprint density at radius 3 is 2.15 bits per heavy atom. The van der Waals surface area contributed by atoms with E-state index in [-0.39, 0.29) is 5.91 Å². The molecule has 2 aromatic carbocycles. The molecule has 0 unspecified atom stereocenters. The molecule has 1 N–H and O–H groups in total. The Hall–Kier alpha value is -1.61. The molecule has 0 radical (unpaired) electrons. The lowest BCUT2D eigenvalue weighted by Gasteiger charge is -2.13. The molecule has 0 aliphatic heterocycles. The summed E-state index contributed by atoms with van der Waals surface area (Å²) in [5.41, 5.74) is 5.83. The summed E-state index contributed by atoms with van der Waals surface area (Å²) >= 11 is 3.43. The third kappa shape index (κ3) is 3.10. The Morgan fingerprint density at radius 2 is 1.55 bits per heavy atom. The summed E-state index contributed by atoms with van der Waals surface area (Å²) in [5.74, 6) is -0.0544. The van der Waals surface area contributed by atoms with Crippen LogP contribution < -0.4 is 5.32 Å². The number of hydrogen-bond acceptors (Lipinski definition) is 1. The Kier molecular flexibility index (Phi) is 4.29. The number of rotatable bonds is 2. The summed E-state index contributed by atoms with van der Waals surface area (Å²) in [6, 6.07) is 9.94. The Bertz CT molecular complexity index is 654. The van der Waals surface area contributed by atoms with Crippen LogP contribution in [-0.4, -0.2) is 5.91 Å². The maximum absolute atomic E-state index is 12.5. The number of amides is 1. The lowest BCUT2D eigenvalue weighted by atomic mass is 9.99. The maximum Gasteiger partial charge on any atom is 0.256 e. The molecule has 0 saturated carbocycles. The predicted octanol–water partition coefficient (Wildman–Crippen LogP) is 4.94. The van der Waals surface area contributed by atoms with Crippen molar-refractivity contribution in [2.45, 2.75) is 27.7 Å². The molecule has 0 spiro atoms. The van der Waals surface area contributed by atoms with Crippen LogP contribution in [0.2, 0.25) is 0 Å². The first-order chi connectivity index (χ1) is 9.38. The molecule has 0 aromatic heterocycles. The largest absolute Gasteiger partial charge is 0.322 e. The molecule has 2 nitrogen and oxygen atoms in total. The van der Waals surface area contributed by atoms with Crippen molar-refractivity contribution in [2.75, 3.05) is 5.32 Å². The first-order valence-electron chi connectivity index (χ1n) is 6.54. The van der Waals surface area contributed by atoms with Crippen LogP contribution in [0.25, 0.3) is 0 Å². The number of aryl methyl sites for hydroxylation is 4. The van der Waals surface area contributed by atoms with E-state index < -0.39 is 0 Å². The lowest BCUT2D eigenvalue weighted by Crippen LogP contribution is -2.16. The molecule has 2 aromatic rings. The fraction of sp³-hybridized carbons (Fsp3) is 0.235. The highest BCUT2D eigenvalue weighted by Crippen LogP contribution is 2.23. The van der Waals surface area contributed by atoms with E-state index in [1.54, 1.807) is 0 Å². The van der Waals surface area contributed by atoms with Crippen molar-refractivity contribution in [1.29, 1.82) is 0 Å². The fourth-order valence-corrected chi connectivity index (χ4v) is 2.81. The van der Waals surface area contributed by atoms with Crippen molar-refractivity contribution in [3.05, 3.63) is 62.6 Å². The number of carbonyl (C=O) groups is 1. The van der Waals surface area contributed by atoms with Crippen molar-refractivity contribution in [1.82, 2.24) is 0 Å². The van der Waals surface area contributed by atoms with E-state index >= 15 is 0 Å². The number of benzene rings is 2. The standard InChI is InChI=1S/C17H18BrNO/c1-10-7-12(3)16(13(4)8-10)17(20)19-15-9-14(18)6-5-11(15)2/h5-9H,1-4H3,(H,19,20). The van der Waals surface area contributed by atoms with Gasteiger partial charge in [-0.05, 0) is 56.5 Å². The van der Waals surface area contributed by atoms with Gasteiger partial charge in [-0.25, -0.2) is 0 Å². The summed E-state index contributed by atoms with van der Waals surface area (Å²) in [5, 5.41) is 3.00. The van der Waals surface area contributed by atoms with Crippen LogP contribution in [0.15, 0.2) is 34.8 Å². The minimum absolute atomic E-state index is 0.0544. The Balaban J connectivity index is 2.36. The van der Waals surface area contributed by atoms with Crippen LogP contribution in [0.5, 0.6) is 0 Å². The van der Waals surface area contributed by atoms with E-state index in [2.05, 4.69) is 21.2 Å². The van der Waals surface area contributed by atoms with Crippen molar-refractivity contribution < 1.29 is 4.79 Å². The SMILES string of the molecule is Cc1cc(C)c(C(=O)Nc2cc(Br)ccc2C)c(C)c1. The van der Waals surface area contributed by atoms with Crippen LogP contribution in [0.4, 0.5) is 5.69 Å². The van der Waals surface area contributed by atoms with Gasteiger partial charge >= 0.3 is 0 Å². The molecule has 0 heterocycles. The van der Waals surface area contributed by atoms with E-state index in [1.807, 2.05) is 58.0 Å². The molecule has 0 aliphatic carbocycles. The van der Waals surface area contributed by atoms with Gasteiger partial charge in [0.15, 0.2) is 0 Å². The number of anilines is 1. The number of hydrogen-bond donors (Lipinski definition) is 1. The van der Waals surface area contributed by atoms with Crippen molar-refractivity contribution in [3.8, 4) is 0 Å². The minimum atomic E-state index is -0.0544. The summed E-state index contributed by atoms with van der Waals surface area (Å²) in [6.07, 6.45) is 0. The molecule has 0 saturated heterocycles. The highest BCUT2D eigenvalue weighted by molar-refractivity contribution is 9.10. The molecule has 0 fully saturated rings. The molecule has 2 rings (SSSR count). The molecule has 20 heavy (non-hydrogen) atoms. The van der Waals surface area contributed by atoms with Gasteiger partial charge in [-0.3, -0.25) is 4.79 Å². The van der Waals surface area contributed by atoms with Gasteiger partial charge < -0.3 is 5.32 Å². The summed E-state index contributed by atoms with van der Waals surface area (Å²) in [6.45, 7) is 7.97. The monoisotopic (exact) mass is 331 g/mol. The third-order valence-electron chi connectivity index (χ3n) is 3.35. The summed E-state index contributed by atoms with van der Waals surface area (Å²) in [7, 11) is 0. The van der Waals surface area contributed by atoms with Crippen molar-refractivity contribution in [2.24, 2.45) is 0 Å². The van der Waals surface area contributed by atoms with Crippen LogP contribution in [0, 0.1) is 27.7 Å². The van der Waals surface area contributed by atoms with E-state index in [4.69, 9.17) is 0 Å². The van der Waals surface area contributed by atoms with E-state index in [9.17, 15) is 4.79 Å². The van der Waals surface area contributed by atoms with Gasteiger partial charge in [0, 0.05) is 15.7 Å². The zero-order valence-corrected chi connectivity index (χ0v) is 13.8. The predicted molar refractivity (Wildman–Crippen MR) is 87.5 cm³/mol. The molecule has 0 bridgehead atoms. The van der Waals surface area contributed by atoms with E-state index in [1.165, 1.54) is 5.56 Å². The van der Waals surface area contributed by atoms with Gasteiger partial charge in [-0.15, -0.1) is 0 Å². The highest BCUT2D eigenvalue weighted by Gasteiger charge is 2.14. The van der Waals surface area contributed by atoms with E-state index in [0.717, 1.165) is 32.4 Å². The van der Waals surface area contributed by atoms with Gasteiger partial charge in [0.2, 0.25) is 0 Å². The molecule has 0 atom stereocenters. The van der Waals surface area contributed by atoms with Crippen LogP contribution in [0.1, 0.15) is 32.6 Å². The molecule has 3 heteroatoms. The average Bonchev–Trinajstić information content (AvgIpc) is 2.32. The van der Waals surface area contributed by atoms with Gasteiger partial charge in [-0.1, -0.05) is 39.7 Å². The topological polar surface area (TPSA) is 29.1 Å². The smallest absolute Gasteiger partial charge is 0.256 e. The third-order valence-corrected chi connectivity index (χ3v) is 3.85. The summed E-state index contributed by atoms with van der Waals surface area (Å²) < 4.78 is 0.954. The number of nitrogens with one attached hydrogen (secondary N) is 1. The second kappa shape index (κ2) is 5.80. The molecular formula is C17H18BrNO. The maximum atomic E-state index is 12.5. The second-order valence-electron chi connectivity index (χ2n) is 5.19. The van der Waals surface area contributed by atoms with Crippen LogP contribution >= 0.6 is 15.9 Å².